The Kier molecular flexibility index (Phi) is 7.18. The highest BCUT2D eigenvalue weighted by atomic mass is 35.5. The zero-order valence-corrected chi connectivity index (χ0v) is 14.8. The number of halogens is 1. The first-order valence-corrected chi connectivity index (χ1v) is 8.76. The van der Waals surface area contributed by atoms with Gasteiger partial charge in [0.25, 0.3) is 0 Å². The molecule has 5 heteroatoms. The summed E-state index contributed by atoms with van der Waals surface area (Å²) in [5.74, 6) is 0.789. The number of piperidine rings is 1. The molecule has 0 radical (unpaired) electrons. The van der Waals surface area contributed by atoms with Crippen LogP contribution in [0.3, 0.4) is 0 Å². The van der Waals surface area contributed by atoms with E-state index in [1.807, 2.05) is 32.0 Å². The Balaban J connectivity index is 1.63. The molecule has 0 aliphatic carbocycles. The van der Waals surface area contributed by atoms with E-state index in [9.17, 15) is 4.79 Å². The van der Waals surface area contributed by atoms with Crippen molar-refractivity contribution in [3.63, 3.8) is 0 Å². The molecule has 0 spiro atoms. The number of carbonyl (C=O) groups excluding carboxylic acids is 1. The van der Waals surface area contributed by atoms with Gasteiger partial charge < -0.3 is 14.4 Å². The van der Waals surface area contributed by atoms with E-state index in [-0.39, 0.29) is 11.9 Å². The molecule has 0 bridgehead atoms. The fourth-order valence-electron chi connectivity index (χ4n) is 2.85. The maximum absolute atomic E-state index is 11.7. The highest BCUT2D eigenvalue weighted by Gasteiger charge is 2.25. The standard InChI is InChI=1S/C18H26ClNO3/c1-3-22-18(21)15-7-10-20(11-8-15)9-4-12-23-17-6-5-14(2)13-16(17)19/h5-6,13,15H,3-4,7-12H2,1-2H3. The van der Waals surface area contributed by atoms with Crippen LogP contribution in [0, 0.1) is 12.8 Å². The van der Waals surface area contributed by atoms with E-state index in [0.29, 0.717) is 18.2 Å². The van der Waals surface area contributed by atoms with Crippen LogP contribution in [-0.2, 0) is 9.53 Å². The van der Waals surface area contributed by atoms with Crippen LogP contribution >= 0.6 is 11.6 Å². The first-order valence-electron chi connectivity index (χ1n) is 8.38. The van der Waals surface area contributed by atoms with Gasteiger partial charge in [-0.2, -0.15) is 0 Å². The molecule has 1 aliphatic rings. The van der Waals surface area contributed by atoms with E-state index >= 15 is 0 Å². The summed E-state index contributed by atoms with van der Waals surface area (Å²) in [4.78, 5) is 14.1. The minimum atomic E-state index is -0.0375. The van der Waals surface area contributed by atoms with Crippen LogP contribution in [0.4, 0.5) is 0 Å². The summed E-state index contributed by atoms with van der Waals surface area (Å²) in [6.07, 6.45) is 2.74. The maximum atomic E-state index is 11.7. The van der Waals surface area contributed by atoms with Gasteiger partial charge in [-0.25, -0.2) is 0 Å². The van der Waals surface area contributed by atoms with Gasteiger partial charge in [-0.05, 0) is 63.9 Å². The van der Waals surface area contributed by atoms with Gasteiger partial charge in [0, 0.05) is 6.54 Å². The zero-order chi connectivity index (χ0) is 16.7. The van der Waals surface area contributed by atoms with Gasteiger partial charge in [0.15, 0.2) is 0 Å². The quantitative estimate of drug-likeness (QED) is 0.561. The van der Waals surface area contributed by atoms with E-state index in [0.717, 1.165) is 50.2 Å². The average molecular weight is 340 g/mol. The molecule has 1 aromatic carbocycles. The Hall–Kier alpha value is -1.26. The number of ether oxygens (including phenoxy) is 2. The number of rotatable bonds is 7. The lowest BCUT2D eigenvalue weighted by molar-refractivity contribution is -0.149. The minimum Gasteiger partial charge on any atom is -0.492 e. The van der Waals surface area contributed by atoms with Crippen molar-refractivity contribution in [1.82, 2.24) is 4.90 Å². The van der Waals surface area contributed by atoms with Crippen molar-refractivity contribution in [1.29, 1.82) is 0 Å². The van der Waals surface area contributed by atoms with Gasteiger partial charge in [-0.1, -0.05) is 17.7 Å². The molecule has 2 rings (SSSR count). The summed E-state index contributed by atoms with van der Waals surface area (Å²) in [6.45, 7) is 7.88. The van der Waals surface area contributed by atoms with Crippen molar-refractivity contribution in [2.45, 2.75) is 33.1 Å². The highest BCUT2D eigenvalue weighted by Crippen LogP contribution is 2.25. The van der Waals surface area contributed by atoms with Crippen LogP contribution in [0.5, 0.6) is 5.75 Å². The molecule has 1 aromatic rings. The molecule has 128 valence electrons. The van der Waals surface area contributed by atoms with E-state index in [1.54, 1.807) is 0 Å². The van der Waals surface area contributed by atoms with E-state index in [2.05, 4.69) is 4.90 Å². The molecule has 4 nitrogen and oxygen atoms in total. The van der Waals surface area contributed by atoms with Gasteiger partial charge in [-0.3, -0.25) is 4.79 Å². The third kappa shape index (κ3) is 5.70. The first-order chi connectivity index (χ1) is 11.1. The Morgan fingerprint density at radius 2 is 2.09 bits per heavy atom. The van der Waals surface area contributed by atoms with Crippen LogP contribution in [0.2, 0.25) is 5.02 Å². The topological polar surface area (TPSA) is 38.8 Å². The molecule has 1 aliphatic heterocycles. The van der Waals surface area contributed by atoms with Crippen LogP contribution in [0.1, 0.15) is 31.7 Å². The van der Waals surface area contributed by atoms with E-state index in [1.165, 1.54) is 0 Å². The van der Waals surface area contributed by atoms with Gasteiger partial charge in [0.2, 0.25) is 0 Å². The number of aryl methyl sites for hydroxylation is 1. The predicted octanol–water partition coefficient (Wildman–Crippen LogP) is 3.69. The van der Waals surface area contributed by atoms with Crippen LogP contribution in [-0.4, -0.2) is 43.7 Å². The molecular formula is C18H26ClNO3. The number of hydrogen-bond acceptors (Lipinski definition) is 4. The van der Waals surface area contributed by atoms with Crippen molar-refractivity contribution in [3.05, 3.63) is 28.8 Å². The molecule has 23 heavy (non-hydrogen) atoms. The molecule has 0 saturated carbocycles. The number of likely N-dealkylation sites (tertiary alicyclic amines) is 1. The minimum absolute atomic E-state index is 0.0375. The summed E-state index contributed by atoms with van der Waals surface area (Å²) in [6, 6.07) is 5.83. The SMILES string of the molecule is CCOC(=O)C1CCN(CCCOc2ccc(C)cc2Cl)CC1. The maximum Gasteiger partial charge on any atom is 0.309 e. The first kappa shape index (κ1) is 18.1. The second-order valence-electron chi connectivity index (χ2n) is 6.00. The summed E-state index contributed by atoms with van der Waals surface area (Å²) < 4.78 is 10.8. The number of nitrogens with zero attached hydrogens (tertiary/aromatic N) is 1. The molecule has 1 saturated heterocycles. The Morgan fingerprint density at radius 3 is 2.74 bits per heavy atom. The lowest BCUT2D eigenvalue weighted by Gasteiger charge is -2.30. The zero-order valence-electron chi connectivity index (χ0n) is 14.0. The van der Waals surface area contributed by atoms with Crippen molar-refractivity contribution < 1.29 is 14.3 Å². The number of esters is 1. The molecule has 1 fully saturated rings. The lowest BCUT2D eigenvalue weighted by atomic mass is 9.97. The molecule has 0 aromatic heterocycles. The normalized spacial score (nSPS) is 16.3. The highest BCUT2D eigenvalue weighted by molar-refractivity contribution is 6.32. The number of hydrogen-bond donors (Lipinski definition) is 0. The Labute approximate surface area is 143 Å². The molecule has 0 N–H and O–H groups in total. The molecule has 0 unspecified atom stereocenters. The summed E-state index contributed by atoms with van der Waals surface area (Å²) >= 11 is 6.15. The largest absolute Gasteiger partial charge is 0.492 e. The monoisotopic (exact) mass is 339 g/mol. The third-order valence-electron chi connectivity index (χ3n) is 4.17. The molecule has 1 heterocycles. The molecule has 0 amide bonds. The second-order valence-corrected chi connectivity index (χ2v) is 6.41. The summed E-state index contributed by atoms with van der Waals surface area (Å²) in [5, 5.41) is 0.667. The van der Waals surface area contributed by atoms with Crippen molar-refractivity contribution in [2.24, 2.45) is 5.92 Å². The Morgan fingerprint density at radius 1 is 1.35 bits per heavy atom. The predicted molar refractivity (Wildman–Crippen MR) is 92.1 cm³/mol. The van der Waals surface area contributed by atoms with Crippen molar-refractivity contribution >= 4 is 17.6 Å². The van der Waals surface area contributed by atoms with Crippen LogP contribution in [0.25, 0.3) is 0 Å². The van der Waals surface area contributed by atoms with Gasteiger partial charge >= 0.3 is 5.97 Å². The summed E-state index contributed by atoms with van der Waals surface area (Å²) in [5.41, 5.74) is 1.13. The fraction of sp³-hybridized carbons (Fsp3) is 0.611. The number of carbonyl (C=O) groups is 1. The van der Waals surface area contributed by atoms with Gasteiger partial charge in [-0.15, -0.1) is 0 Å². The van der Waals surface area contributed by atoms with E-state index in [4.69, 9.17) is 21.1 Å². The van der Waals surface area contributed by atoms with Gasteiger partial charge in [0.1, 0.15) is 5.75 Å². The third-order valence-corrected chi connectivity index (χ3v) is 4.47. The number of benzene rings is 1. The van der Waals surface area contributed by atoms with Crippen LogP contribution in [0.15, 0.2) is 18.2 Å². The Bertz CT molecular complexity index is 513. The summed E-state index contributed by atoms with van der Waals surface area (Å²) in [7, 11) is 0. The fourth-order valence-corrected chi connectivity index (χ4v) is 3.14. The van der Waals surface area contributed by atoms with E-state index < -0.39 is 0 Å². The molecule has 0 atom stereocenters. The van der Waals surface area contributed by atoms with Gasteiger partial charge in [0.05, 0.1) is 24.2 Å². The second kappa shape index (κ2) is 9.14. The average Bonchev–Trinajstić information content (AvgIpc) is 2.54. The molecular weight excluding hydrogens is 314 g/mol. The van der Waals surface area contributed by atoms with Crippen molar-refractivity contribution in [3.8, 4) is 5.75 Å². The van der Waals surface area contributed by atoms with Crippen LogP contribution < -0.4 is 4.74 Å². The smallest absolute Gasteiger partial charge is 0.309 e. The lowest BCUT2D eigenvalue weighted by Crippen LogP contribution is -2.37. The van der Waals surface area contributed by atoms with Crippen molar-refractivity contribution in [2.75, 3.05) is 32.8 Å².